The van der Waals surface area contributed by atoms with E-state index in [4.69, 9.17) is 10.2 Å². The first kappa shape index (κ1) is 29.2. The van der Waals surface area contributed by atoms with Crippen molar-refractivity contribution in [3.05, 3.63) is 40.4 Å². The second-order valence-corrected chi connectivity index (χ2v) is 9.74. The number of nitrogens with zero attached hydrogens (tertiary/aromatic N) is 2. The van der Waals surface area contributed by atoms with Crippen molar-refractivity contribution in [3.63, 3.8) is 0 Å². The van der Waals surface area contributed by atoms with Crippen molar-refractivity contribution in [1.82, 2.24) is 25.8 Å². The molecule has 210 valence electrons. The lowest BCUT2D eigenvalue weighted by Gasteiger charge is -2.19. The predicted octanol–water partition coefficient (Wildman–Crippen LogP) is 1.86. The number of likely N-dealkylation sites (tertiary alicyclic amines) is 1. The molecular formula is C24H31N7O7S. The Hall–Kier alpha value is -4.40. The maximum absolute atomic E-state index is 12.9. The minimum atomic E-state index is -1.40. The van der Waals surface area contributed by atoms with Crippen molar-refractivity contribution in [2.75, 3.05) is 30.3 Å². The molecule has 1 aliphatic rings. The SMILES string of the molecule is CC(=O)Nc1nc(CCc2ccc(NC(NC(=O)O)NC(=O)O)cc2)c(C(=O)NCCCN2CCCC2=O)s1. The van der Waals surface area contributed by atoms with Gasteiger partial charge in [-0.1, -0.05) is 23.5 Å². The number of aromatic nitrogens is 1. The Labute approximate surface area is 228 Å². The summed E-state index contributed by atoms with van der Waals surface area (Å²) < 4.78 is 0. The van der Waals surface area contributed by atoms with E-state index in [1.165, 1.54) is 6.92 Å². The summed E-state index contributed by atoms with van der Waals surface area (Å²) in [5.41, 5.74) is 1.91. The number of anilines is 2. The van der Waals surface area contributed by atoms with Crippen LogP contribution < -0.4 is 26.6 Å². The number of hydrogen-bond donors (Lipinski definition) is 7. The largest absolute Gasteiger partial charge is 0.465 e. The van der Waals surface area contributed by atoms with Gasteiger partial charge in [0, 0.05) is 38.7 Å². The first-order valence-electron chi connectivity index (χ1n) is 12.3. The number of rotatable bonds is 13. The number of nitrogens with one attached hydrogen (secondary N) is 5. The summed E-state index contributed by atoms with van der Waals surface area (Å²) in [5.74, 6) is -0.452. The van der Waals surface area contributed by atoms with Crippen LogP contribution in [0, 0.1) is 0 Å². The Morgan fingerprint density at radius 1 is 1.08 bits per heavy atom. The number of amides is 5. The molecule has 0 atom stereocenters. The Balaban J connectivity index is 1.59. The van der Waals surface area contributed by atoms with Gasteiger partial charge in [-0.25, -0.2) is 14.6 Å². The summed E-state index contributed by atoms with van der Waals surface area (Å²) in [4.78, 5) is 64.5. The van der Waals surface area contributed by atoms with E-state index in [0.29, 0.717) is 60.2 Å². The second kappa shape index (κ2) is 13.9. The molecule has 0 radical (unpaired) electrons. The fourth-order valence-electron chi connectivity index (χ4n) is 3.95. The molecule has 39 heavy (non-hydrogen) atoms. The highest BCUT2D eigenvalue weighted by Crippen LogP contribution is 2.25. The highest BCUT2D eigenvalue weighted by atomic mass is 32.1. The van der Waals surface area contributed by atoms with Gasteiger partial charge in [0.1, 0.15) is 4.88 Å². The summed E-state index contributed by atoms with van der Waals surface area (Å²) in [6, 6.07) is 6.89. The van der Waals surface area contributed by atoms with Crippen LogP contribution in [0.2, 0.25) is 0 Å². The van der Waals surface area contributed by atoms with Crippen LogP contribution in [0.5, 0.6) is 0 Å². The van der Waals surface area contributed by atoms with Gasteiger partial charge in [0.2, 0.25) is 11.8 Å². The van der Waals surface area contributed by atoms with Crippen molar-refractivity contribution >= 4 is 52.1 Å². The highest BCUT2D eigenvalue weighted by molar-refractivity contribution is 7.17. The van der Waals surface area contributed by atoms with E-state index >= 15 is 0 Å². The van der Waals surface area contributed by atoms with E-state index in [-0.39, 0.29) is 17.7 Å². The first-order chi connectivity index (χ1) is 18.6. The molecule has 1 aliphatic heterocycles. The minimum Gasteiger partial charge on any atom is -0.465 e. The van der Waals surface area contributed by atoms with Gasteiger partial charge in [-0.3, -0.25) is 25.0 Å². The van der Waals surface area contributed by atoms with Crippen LogP contribution in [0.1, 0.15) is 47.1 Å². The summed E-state index contributed by atoms with van der Waals surface area (Å²) in [7, 11) is 0. The normalized spacial score (nSPS) is 12.8. The standard InChI is InChI=1S/C24H31N7O7S/c1-14(32)26-22-28-17(19(39-22)20(34)25-11-3-13-31-12-2-4-18(31)33)10-7-15-5-8-16(9-6-15)27-21(29-23(35)36)30-24(37)38/h5-6,8-9,21,27,29-30H,2-4,7,10-13H2,1H3,(H,25,34)(H,35,36)(H,37,38)(H,26,28,32). The molecule has 14 nitrogen and oxygen atoms in total. The van der Waals surface area contributed by atoms with E-state index in [0.717, 1.165) is 29.9 Å². The number of carboxylic acid groups (broad SMARTS) is 2. The van der Waals surface area contributed by atoms with Crippen LogP contribution in [0.15, 0.2) is 24.3 Å². The quantitative estimate of drug-likeness (QED) is 0.141. The Bertz CT molecular complexity index is 1190. The smallest absolute Gasteiger partial charge is 0.407 e. The molecule has 0 bridgehead atoms. The van der Waals surface area contributed by atoms with Gasteiger partial charge in [-0.2, -0.15) is 0 Å². The van der Waals surface area contributed by atoms with Crippen LogP contribution in [0.25, 0.3) is 0 Å². The van der Waals surface area contributed by atoms with Gasteiger partial charge in [0.05, 0.1) is 5.69 Å². The van der Waals surface area contributed by atoms with Gasteiger partial charge in [0.25, 0.3) is 5.91 Å². The molecular weight excluding hydrogens is 530 g/mol. The minimum absolute atomic E-state index is 0.142. The lowest BCUT2D eigenvalue weighted by atomic mass is 10.1. The van der Waals surface area contributed by atoms with E-state index in [1.54, 1.807) is 29.2 Å². The van der Waals surface area contributed by atoms with Crippen LogP contribution in [0.4, 0.5) is 20.4 Å². The molecule has 1 aromatic carbocycles. The summed E-state index contributed by atoms with van der Waals surface area (Å²) in [6.45, 7) is 3.11. The molecule has 0 spiro atoms. The van der Waals surface area contributed by atoms with Gasteiger partial charge in [-0.15, -0.1) is 0 Å². The molecule has 1 saturated heterocycles. The second-order valence-electron chi connectivity index (χ2n) is 8.74. The van der Waals surface area contributed by atoms with Gasteiger partial charge in [0.15, 0.2) is 11.4 Å². The van der Waals surface area contributed by atoms with Crippen molar-refractivity contribution < 1.29 is 34.2 Å². The number of thiazole rings is 1. The lowest BCUT2D eigenvalue weighted by molar-refractivity contribution is -0.127. The van der Waals surface area contributed by atoms with E-state index in [9.17, 15) is 24.0 Å². The molecule has 2 heterocycles. The maximum atomic E-state index is 12.9. The molecule has 15 heteroatoms. The monoisotopic (exact) mass is 561 g/mol. The summed E-state index contributed by atoms with van der Waals surface area (Å²) in [6.07, 6.45) is -1.04. The third-order valence-electron chi connectivity index (χ3n) is 5.70. The molecule has 3 rings (SSSR count). The number of carbonyl (C=O) groups excluding carboxylic acids is 3. The zero-order valence-corrected chi connectivity index (χ0v) is 22.1. The third-order valence-corrected chi connectivity index (χ3v) is 6.71. The average molecular weight is 562 g/mol. The number of carbonyl (C=O) groups is 5. The van der Waals surface area contributed by atoms with E-state index in [1.807, 2.05) is 10.6 Å². The van der Waals surface area contributed by atoms with Crippen molar-refractivity contribution in [3.8, 4) is 0 Å². The van der Waals surface area contributed by atoms with Gasteiger partial charge >= 0.3 is 12.2 Å². The van der Waals surface area contributed by atoms with Crippen LogP contribution in [-0.4, -0.2) is 75.9 Å². The summed E-state index contributed by atoms with van der Waals surface area (Å²) in [5, 5.41) is 30.3. The third kappa shape index (κ3) is 9.45. The molecule has 2 aromatic rings. The number of aryl methyl sites for hydroxylation is 2. The Morgan fingerprint density at radius 3 is 2.36 bits per heavy atom. The van der Waals surface area contributed by atoms with Crippen molar-refractivity contribution in [2.45, 2.75) is 45.3 Å². The number of hydrogen-bond acceptors (Lipinski definition) is 8. The molecule has 7 N–H and O–H groups in total. The van der Waals surface area contributed by atoms with E-state index < -0.39 is 18.5 Å². The molecule has 0 unspecified atom stereocenters. The van der Waals surface area contributed by atoms with Crippen molar-refractivity contribution in [2.24, 2.45) is 0 Å². The predicted molar refractivity (Wildman–Crippen MR) is 143 cm³/mol. The molecule has 1 fully saturated rings. The van der Waals surface area contributed by atoms with Crippen molar-refractivity contribution in [1.29, 1.82) is 0 Å². The number of benzene rings is 1. The zero-order valence-electron chi connectivity index (χ0n) is 21.3. The average Bonchev–Trinajstić information content (AvgIpc) is 3.45. The Kier molecular flexibility index (Phi) is 10.4. The highest BCUT2D eigenvalue weighted by Gasteiger charge is 2.21. The Morgan fingerprint density at radius 2 is 1.77 bits per heavy atom. The summed E-state index contributed by atoms with van der Waals surface area (Å²) >= 11 is 1.09. The van der Waals surface area contributed by atoms with Gasteiger partial charge < -0.3 is 31.1 Å². The zero-order chi connectivity index (χ0) is 28.4. The molecule has 0 aliphatic carbocycles. The fraction of sp³-hybridized carbons (Fsp3) is 0.417. The van der Waals surface area contributed by atoms with Crippen LogP contribution in [0.3, 0.4) is 0 Å². The molecule has 0 saturated carbocycles. The van der Waals surface area contributed by atoms with Crippen LogP contribution >= 0.6 is 11.3 Å². The first-order valence-corrected chi connectivity index (χ1v) is 13.1. The molecule has 5 amide bonds. The van der Waals surface area contributed by atoms with Crippen LogP contribution in [-0.2, 0) is 22.4 Å². The van der Waals surface area contributed by atoms with Gasteiger partial charge in [-0.05, 0) is 43.4 Å². The maximum Gasteiger partial charge on any atom is 0.407 e. The topological polar surface area (TPSA) is 202 Å². The lowest BCUT2D eigenvalue weighted by Crippen LogP contribution is -2.52. The fourth-order valence-corrected chi connectivity index (χ4v) is 4.92. The van der Waals surface area contributed by atoms with E-state index in [2.05, 4.69) is 20.9 Å². The molecule has 1 aromatic heterocycles.